The predicted molar refractivity (Wildman–Crippen MR) is 77.0 cm³/mol. The van der Waals surface area contributed by atoms with E-state index >= 15 is 0 Å². The number of hydrogen-bond acceptors (Lipinski definition) is 4. The van der Waals surface area contributed by atoms with Crippen LogP contribution in [0.2, 0.25) is 0 Å². The van der Waals surface area contributed by atoms with Gasteiger partial charge in [0, 0.05) is 12.1 Å². The summed E-state index contributed by atoms with van der Waals surface area (Å²) in [7, 11) is 0. The van der Waals surface area contributed by atoms with Crippen LogP contribution in [0.25, 0.3) is 0 Å². The van der Waals surface area contributed by atoms with Crippen molar-refractivity contribution in [2.75, 3.05) is 5.32 Å². The smallest absolute Gasteiger partial charge is 0.267 e. The Morgan fingerprint density at radius 2 is 2.11 bits per heavy atom. The number of carbonyl (C=O) groups is 1. The van der Waals surface area contributed by atoms with E-state index in [1.54, 1.807) is 11.7 Å². The number of hydrogen-bond donors (Lipinski definition) is 2. The van der Waals surface area contributed by atoms with Crippen molar-refractivity contribution in [1.82, 2.24) is 4.98 Å². The third-order valence-corrected chi connectivity index (χ3v) is 3.16. The number of nitrogens with zero attached hydrogens (tertiary/aromatic N) is 1. The minimum atomic E-state index is -0.153. The number of rotatable bonds is 4. The van der Waals surface area contributed by atoms with Gasteiger partial charge in [0.15, 0.2) is 0 Å². The quantitative estimate of drug-likeness (QED) is 0.841. The van der Waals surface area contributed by atoms with Gasteiger partial charge in [-0.3, -0.25) is 9.78 Å². The summed E-state index contributed by atoms with van der Waals surface area (Å²) in [6.07, 6.45) is 2.11. The van der Waals surface area contributed by atoms with Crippen LogP contribution in [0.5, 0.6) is 0 Å². The fraction of sp³-hybridized carbons (Fsp3) is 0.0833. The summed E-state index contributed by atoms with van der Waals surface area (Å²) in [6, 6.07) is 7.43. The lowest BCUT2D eigenvalue weighted by molar-refractivity contribution is 0.103. The highest BCUT2D eigenvalue weighted by atomic mass is 32.1. The average molecular weight is 277 g/mol. The van der Waals surface area contributed by atoms with E-state index in [2.05, 4.69) is 10.3 Å². The van der Waals surface area contributed by atoms with Gasteiger partial charge in [-0.05, 0) is 17.7 Å². The highest BCUT2D eigenvalue weighted by Crippen LogP contribution is 2.13. The lowest BCUT2D eigenvalue weighted by atomic mass is 10.1. The van der Waals surface area contributed by atoms with Crippen molar-refractivity contribution in [2.45, 2.75) is 6.42 Å². The number of anilines is 1. The fourth-order valence-corrected chi connectivity index (χ4v) is 2.11. The van der Waals surface area contributed by atoms with Gasteiger partial charge in [-0.1, -0.05) is 24.4 Å². The molecule has 2 rings (SSSR count). The zero-order valence-corrected chi connectivity index (χ0v) is 11.1. The molecule has 0 atom stereocenters. The first-order chi connectivity index (χ1) is 8.65. The molecule has 0 bridgehead atoms. The Morgan fingerprint density at radius 3 is 2.67 bits per heavy atom. The van der Waals surface area contributed by atoms with Gasteiger partial charge in [0.25, 0.3) is 5.91 Å². The number of aromatic nitrogens is 1. The summed E-state index contributed by atoms with van der Waals surface area (Å²) in [4.78, 5) is 16.7. The first kappa shape index (κ1) is 12.7. The van der Waals surface area contributed by atoms with Crippen LogP contribution >= 0.6 is 23.6 Å². The van der Waals surface area contributed by atoms with Crippen LogP contribution in [0.1, 0.15) is 15.2 Å². The second kappa shape index (κ2) is 5.70. The normalized spacial score (nSPS) is 10.0. The fourth-order valence-electron chi connectivity index (χ4n) is 1.43. The number of nitrogens with two attached hydrogens (primary N) is 1. The van der Waals surface area contributed by atoms with Gasteiger partial charge in [0.1, 0.15) is 4.88 Å². The molecule has 0 aliphatic carbocycles. The van der Waals surface area contributed by atoms with Crippen molar-refractivity contribution >= 4 is 40.1 Å². The van der Waals surface area contributed by atoms with E-state index in [9.17, 15) is 4.79 Å². The minimum absolute atomic E-state index is 0.153. The summed E-state index contributed by atoms with van der Waals surface area (Å²) in [5.74, 6) is -0.153. The predicted octanol–water partition coefficient (Wildman–Crippen LogP) is 2.22. The van der Waals surface area contributed by atoms with E-state index in [0.717, 1.165) is 11.3 Å². The first-order valence-electron chi connectivity index (χ1n) is 5.22. The van der Waals surface area contributed by atoms with Crippen LogP contribution in [0, 0.1) is 0 Å². The summed E-state index contributed by atoms with van der Waals surface area (Å²) in [5.41, 5.74) is 8.85. The molecule has 2 aromatic rings. The van der Waals surface area contributed by atoms with Crippen LogP contribution in [0.3, 0.4) is 0 Å². The molecule has 0 spiro atoms. The molecule has 1 heterocycles. The Kier molecular flexibility index (Phi) is 4.01. The number of amides is 1. The zero-order chi connectivity index (χ0) is 13.0. The number of benzene rings is 1. The Morgan fingerprint density at radius 1 is 1.39 bits per heavy atom. The molecule has 0 fully saturated rings. The topological polar surface area (TPSA) is 68.0 Å². The second-order valence-electron chi connectivity index (χ2n) is 3.66. The minimum Gasteiger partial charge on any atom is -0.393 e. The lowest BCUT2D eigenvalue weighted by Gasteiger charge is -2.04. The molecule has 1 aromatic heterocycles. The molecule has 0 aliphatic heterocycles. The second-order valence-corrected chi connectivity index (χ2v) is 5.07. The largest absolute Gasteiger partial charge is 0.393 e. The molecule has 6 heteroatoms. The number of thiocarbonyl (C=S) groups is 1. The van der Waals surface area contributed by atoms with Gasteiger partial charge in [-0.25, -0.2) is 0 Å². The average Bonchev–Trinajstić information content (AvgIpc) is 2.84. The zero-order valence-electron chi connectivity index (χ0n) is 9.42. The molecule has 0 aliphatic rings. The maximum atomic E-state index is 11.8. The van der Waals surface area contributed by atoms with Crippen LogP contribution in [-0.4, -0.2) is 15.9 Å². The third-order valence-electron chi connectivity index (χ3n) is 2.25. The molecule has 0 saturated heterocycles. The Labute approximate surface area is 114 Å². The SMILES string of the molecule is NC(=S)Cc1ccc(NC(=O)c2cncs2)cc1. The molecule has 1 aromatic carbocycles. The third kappa shape index (κ3) is 3.35. The molecular weight excluding hydrogens is 266 g/mol. The van der Waals surface area contributed by atoms with Crippen LogP contribution in [0.4, 0.5) is 5.69 Å². The molecule has 0 radical (unpaired) electrons. The van der Waals surface area contributed by atoms with Crippen molar-refractivity contribution in [3.05, 3.63) is 46.4 Å². The van der Waals surface area contributed by atoms with E-state index in [4.69, 9.17) is 18.0 Å². The summed E-state index contributed by atoms with van der Waals surface area (Å²) in [5, 5.41) is 2.79. The van der Waals surface area contributed by atoms with Crippen molar-refractivity contribution in [3.63, 3.8) is 0 Å². The van der Waals surface area contributed by atoms with Gasteiger partial charge in [0.2, 0.25) is 0 Å². The Hall–Kier alpha value is -1.79. The maximum absolute atomic E-state index is 11.8. The van der Waals surface area contributed by atoms with E-state index in [0.29, 0.717) is 16.3 Å². The lowest BCUT2D eigenvalue weighted by Crippen LogP contribution is -2.12. The molecule has 92 valence electrons. The van der Waals surface area contributed by atoms with E-state index in [1.165, 1.54) is 11.3 Å². The highest BCUT2D eigenvalue weighted by Gasteiger charge is 2.07. The number of nitrogens with one attached hydrogen (secondary N) is 1. The number of thiazole rings is 1. The Bertz CT molecular complexity index is 549. The summed E-state index contributed by atoms with van der Waals surface area (Å²) in [6.45, 7) is 0. The molecule has 4 nitrogen and oxygen atoms in total. The van der Waals surface area contributed by atoms with Crippen LogP contribution < -0.4 is 11.1 Å². The molecule has 1 amide bonds. The van der Waals surface area contributed by atoms with Gasteiger partial charge in [-0.15, -0.1) is 11.3 Å². The molecule has 0 saturated carbocycles. The maximum Gasteiger partial charge on any atom is 0.267 e. The highest BCUT2D eigenvalue weighted by molar-refractivity contribution is 7.80. The van der Waals surface area contributed by atoms with Crippen molar-refractivity contribution < 1.29 is 4.79 Å². The van der Waals surface area contributed by atoms with Crippen LogP contribution in [0.15, 0.2) is 36.0 Å². The number of carbonyl (C=O) groups excluding carboxylic acids is 1. The molecule has 3 N–H and O–H groups in total. The van der Waals surface area contributed by atoms with Gasteiger partial charge >= 0.3 is 0 Å². The van der Waals surface area contributed by atoms with Crippen molar-refractivity contribution in [3.8, 4) is 0 Å². The van der Waals surface area contributed by atoms with Crippen LogP contribution in [-0.2, 0) is 6.42 Å². The summed E-state index contributed by atoms with van der Waals surface area (Å²) < 4.78 is 0. The first-order valence-corrected chi connectivity index (χ1v) is 6.51. The van der Waals surface area contributed by atoms with E-state index in [-0.39, 0.29) is 5.91 Å². The standard InChI is InChI=1S/C12H11N3OS2/c13-11(17)5-8-1-3-9(4-2-8)15-12(16)10-6-14-7-18-10/h1-4,6-7H,5H2,(H2,13,17)(H,15,16). The van der Waals surface area contributed by atoms with Crippen molar-refractivity contribution in [2.24, 2.45) is 5.73 Å². The molecular formula is C12H11N3OS2. The van der Waals surface area contributed by atoms with E-state index < -0.39 is 0 Å². The van der Waals surface area contributed by atoms with Crippen molar-refractivity contribution in [1.29, 1.82) is 0 Å². The monoisotopic (exact) mass is 277 g/mol. The van der Waals surface area contributed by atoms with Gasteiger partial charge in [-0.2, -0.15) is 0 Å². The van der Waals surface area contributed by atoms with Gasteiger partial charge in [0.05, 0.1) is 16.7 Å². The Balaban J connectivity index is 2.02. The van der Waals surface area contributed by atoms with E-state index in [1.807, 2.05) is 24.3 Å². The molecule has 18 heavy (non-hydrogen) atoms. The van der Waals surface area contributed by atoms with Gasteiger partial charge < -0.3 is 11.1 Å². The summed E-state index contributed by atoms with van der Waals surface area (Å²) >= 11 is 6.14. The molecule has 0 unspecified atom stereocenters.